The van der Waals surface area contributed by atoms with E-state index in [0.29, 0.717) is 6.54 Å². The van der Waals surface area contributed by atoms with Crippen LogP contribution in [0.3, 0.4) is 0 Å². The van der Waals surface area contributed by atoms with Crippen molar-refractivity contribution in [2.75, 3.05) is 5.32 Å². The van der Waals surface area contributed by atoms with Gasteiger partial charge in [-0.3, -0.25) is 4.98 Å². The standard InChI is InChI=1S/C13H11BrN2O2/c14-10-3-6-12(15-7-10)8-16-11-4-1-9(2-5-11)13(17)18/h1-7,16H,8H2,(H,17,18). The van der Waals surface area contributed by atoms with Gasteiger partial charge in [-0.15, -0.1) is 0 Å². The molecule has 0 bridgehead atoms. The third-order valence-corrected chi connectivity index (χ3v) is 2.86. The summed E-state index contributed by atoms with van der Waals surface area (Å²) in [6.45, 7) is 0.597. The predicted octanol–water partition coefficient (Wildman–Crippen LogP) is 3.15. The molecule has 0 fully saturated rings. The second-order valence-corrected chi connectivity index (χ2v) is 4.62. The summed E-state index contributed by atoms with van der Waals surface area (Å²) >= 11 is 3.32. The van der Waals surface area contributed by atoms with Crippen LogP contribution in [-0.2, 0) is 6.54 Å². The Balaban J connectivity index is 1.97. The van der Waals surface area contributed by atoms with E-state index in [-0.39, 0.29) is 5.56 Å². The van der Waals surface area contributed by atoms with Crippen LogP contribution < -0.4 is 5.32 Å². The summed E-state index contributed by atoms with van der Waals surface area (Å²) in [5.74, 6) is -0.920. The van der Waals surface area contributed by atoms with Gasteiger partial charge in [0.05, 0.1) is 17.8 Å². The molecule has 0 atom stereocenters. The SMILES string of the molecule is O=C(O)c1ccc(NCc2ccc(Br)cn2)cc1. The van der Waals surface area contributed by atoms with Crippen LogP contribution in [0.15, 0.2) is 47.1 Å². The van der Waals surface area contributed by atoms with E-state index in [9.17, 15) is 4.79 Å². The van der Waals surface area contributed by atoms with Gasteiger partial charge in [-0.2, -0.15) is 0 Å². The molecule has 0 saturated heterocycles. The molecule has 4 nitrogen and oxygen atoms in total. The molecule has 0 unspecified atom stereocenters. The van der Waals surface area contributed by atoms with Crippen molar-refractivity contribution >= 4 is 27.6 Å². The van der Waals surface area contributed by atoms with E-state index in [0.717, 1.165) is 15.9 Å². The van der Waals surface area contributed by atoms with Crippen LogP contribution in [0.1, 0.15) is 16.1 Å². The van der Waals surface area contributed by atoms with Gasteiger partial charge in [0, 0.05) is 16.4 Å². The number of carbonyl (C=O) groups is 1. The number of hydrogen-bond donors (Lipinski definition) is 2. The highest BCUT2D eigenvalue weighted by Gasteiger charge is 2.01. The molecule has 2 aromatic rings. The summed E-state index contributed by atoms with van der Waals surface area (Å²) in [5.41, 5.74) is 2.06. The van der Waals surface area contributed by atoms with E-state index < -0.39 is 5.97 Å². The van der Waals surface area contributed by atoms with Crippen molar-refractivity contribution in [2.24, 2.45) is 0 Å². The Morgan fingerprint density at radius 3 is 2.50 bits per heavy atom. The van der Waals surface area contributed by atoms with Crippen LogP contribution in [-0.4, -0.2) is 16.1 Å². The summed E-state index contributed by atoms with van der Waals surface area (Å²) < 4.78 is 0.942. The highest BCUT2D eigenvalue weighted by Crippen LogP contribution is 2.12. The Kier molecular flexibility index (Phi) is 3.94. The molecule has 1 aromatic carbocycles. The van der Waals surface area contributed by atoms with E-state index in [1.54, 1.807) is 30.5 Å². The van der Waals surface area contributed by atoms with Gasteiger partial charge in [-0.1, -0.05) is 0 Å². The quantitative estimate of drug-likeness (QED) is 0.911. The minimum atomic E-state index is -0.920. The first kappa shape index (κ1) is 12.6. The van der Waals surface area contributed by atoms with Gasteiger partial charge in [-0.25, -0.2) is 4.79 Å². The molecule has 1 aromatic heterocycles. The average Bonchev–Trinajstić information content (AvgIpc) is 2.38. The molecule has 0 saturated carbocycles. The van der Waals surface area contributed by atoms with Gasteiger partial charge in [0.2, 0.25) is 0 Å². The van der Waals surface area contributed by atoms with Crippen LogP contribution in [0.5, 0.6) is 0 Å². The lowest BCUT2D eigenvalue weighted by atomic mass is 10.2. The zero-order chi connectivity index (χ0) is 13.0. The minimum Gasteiger partial charge on any atom is -0.478 e. The molecule has 0 spiro atoms. The van der Waals surface area contributed by atoms with Gasteiger partial charge in [0.1, 0.15) is 0 Å². The first-order valence-electron chi connectivity index (χ1n) is 5.33. The van der Waals surface area contributed by atoms with Gasteiger partial charge < -0.3 is 10.4 Å². The van der Waals surface area contributed by atoms with Gasteiger partial charge in [0.25, 0.3) is 0 Å². The van der Waals surface area contributed by atoms with Gasteiger partial charge in [-0.05, 0) is 52.3 Å². The summed E-state index contributed by atoms with van der Waals surface area (Å²) in [4.78, 5) is 14.9. The van der Waals surface area contributed by atoms with Crippen molar-refractivity contribution in [1.82, 2.24) is 4.98 Å². The van der Waals surface area contributed by atoms with Crippen LogP contribution in [0, 0.1) is 0 Å². The van der Waals surface area contributed by atoms with Crippen molar-refractivity contribution in [3.63, 3.8) is 0 Å². The third-order valence-electron chi connectivity index (χ3n) is 2.39. The Labute approximate surface area is 113 Å². The normalized spacial score (nSPS) is 10.1. The Morgan fingerprint density at radius 1 is 1.22 bits per heavy atom. The molecular weight excluding hydrogens is 296 g/mol. The molecule has 0 amide bonds. The molecule has 0 radical (unpaired) electrons. The maximum absolute atomic E-state index is 10.7. The summed E-state index contributed by atoms with van der Waals surface area (Å²) in [6.07, 6.45) is 1.74. The van der Waals surface area contributed by atoms with Crippen LogP contribution >= 0.6 is 15.9 Å². The Bertz CT molecular complexity index is 538. The molecule has 0 aliphatic rings. The van der Waals surface area contributed by atoms with Gasteiger partial charge in [0.15, 0.2) is 0 Å². The van der Waals surface area contributed by atoms with Crippen molar-refractivity contribution < 1.29 is 9.90 Å². The number of halogens is 1. The molecule has 18 heavy (non-hydrogen) atoms. The fourth-order valence-corrected chi connectivity index (χ4v) is 1.67. The number of benzene rings is 1. The smallest absolute Gasteiger partial charge is 0.335 e. The lowest BCUT2D eigenvalue weighted by molar-refractivity contribution is 0.0697. The molecule has 0 aliphatic heterocycles. The highest BCUT2D eigenvalue weighted by atomic mass is 79.9. The van der Waals surface area contributed by atoms with E-state index >= 15 is 0 Å². The fraction of sp³-hybridized carbons (Fsp3) is 0.0769. The molecule has 92 valence electrons. The van der Waals surface area contributed by atoms with Crippen LogP contribution in [0.25, 0.3) is 0 Å². The van der Waals surface area contributed by atoms with Crippen LogP contribution in [0.4, 0.5) is 5.69 Å². The summed E-state index contributed by atoms with van der Waals surface area (Å²) in [6, 6.07) is 10.5. The number of pyridine rings is 1. The second kappa shape index (κ2) is 5.64. The largest absolute Gasteiger partial charge is 0.478 e. The number of aromatic nitrogens is 1. The number of nitrogens with one attached hydrogen (secondary N) is 1. The third kappa shape index (κ3) is 3.30. The maximum Gasteiger partial charge on any atom is 0.335 e. The Hall–Kier alpha value is -1.88. The first-order chi connectivity index (χ1) is 8.65. The number of hydrogen-bond acceptors (Lipinski definition) is 3. The van der Waals surface area contributed by atoms with Gasteiger partial charge >= 0.3 is 5.97 Å². The number of anilines is 1. The lowest BCUT2D eigenvalue weighted by Crippen LogP contribution is -2.02. The van der Waals surface area contributed by atoms with Crippen molar-refractivity contribution in [2.45, 2.75) is 6.54 Å². The zero-order valence-electron chi connectivity index (χ0n) is 9.43. The molecule has 5 heteroatoms. The zero-order valence-corrected chi connectivity index (χ0v) is 11.0. The molecule has 2 rings (SSSR count). The van der Waals surface area contributed by atoms with Crippen molar-refractivity contribution in [3.05, 3.63) is 58.3 Å². The number of nitrogens with zero attached hydrogens (tertiary/aromatic N) is 1. The van der Waals surface area contributed by atoms with Crippen LogP contribution in [0.2, 0.25) is 0 Å². The van der Waals surface area contributed by atoms with E-state index in [4.69, 9.17) is 5.11 Å². The minimum absolute atomic E-state index is 0.280. The molecule has 2 N–H and O–H groups in total. The van der Waals surface area contributed by atoms with E-state index in [1.165, 1.54) is 0 Å². The molecule has 0 aliphatic carbocycles. The highest BCUT2D eigenvalue weighted by molar-refractivity contribution is 9.10. The average molecular weight is 307 g/mol. The monoisotopic (exact) mass is 306 g/mol. The van der Waals surface area contributed by atoms with Crippen molar-refractivity contribution in [3.8, 4) is 0 Å². The topological polar surface area (TPSA) is 62.2 Å². The summed E-state index contributed by atoms with van der Waals surface area (Å²) in [5, 5.41) is 12.0. The lowest BCUT2D eigenvalue weighted by Gasteiger charge is -2.06. The Morgan fingerprint density at radius 2 is 1.94 bits per heavy atom. The van der Waals surface area contributed by atoms with E-state index in [2.05, 4.69) is 26.2 Å². The number of carboxylic acids is 1. The molecule has 1 heterocycles. The summed E-state index contributed by atoms with van der Waals surface area (Å²) in [7, 11) is 0. The maximum atomic E-state index is 10.7. The first-order valence-corrected chi connectivity index (χ1v) is 6.12. The number of rotatable bonds is 4. The van der Waals surface area contributed by atoms with Crippen molar-refractivity contribution in [1.29, 1.82) is 0 Å². The predicted molar refractivity (Wildman–Crippen MR) is 72.7 cm³/mol. The van der Waals surface area contributed by atoms with E-state index in [1.807, 2.05) is 12.1 Å². The second-order valence-electron chi connectivity index (χ2n) is 3.70. The number of aromatic carboxylic acids is 1. The fourth-order valence-electron chi connectivity index (χ4n) is 1.43. The number of carboxylic acid groups (broad SMARTS) is 1. The molecular formula is C13H11BrN2O2.